The lowest BCUT2D eigenvalue weighted by Crippen LogP contribution is -2.32. The maximum absolute atomic E-state index is 11.9. The normalized spacial score (nSPS) is 10.5. The van der Waals surface area contributed by atoms with E-state index in [4.69, 9.17) is 9.84 Å². The summed E-state index contributed by atoms with van der Waals surface area (Å²) in [5, 5.41) is 23.3. The Labute approximate surface area is 174 Å². The third-order valence-electron chi connectivity index (χ3n) is 3.49. The minimum absolute atomic E-state index is 0.190. The molecule has 1 heterocycles. The van der Waals surface area contributed by atoms with Gasteiger partial charge in [0.05, 0.1) is 6.21 Å². The van der Waals surface area contributed by atoms with Crippen molar-refractivity contribution in [2.24, 2.45) is 5.10 Å². The van der Waals surface area contributed by atoms with Gasteiger partial charge in [0.25, 0.3) is 0 Å². The van der Waals surface area contributed by atoms with Crippen LogP contribution in [0.2, 0.25) is 0 Å². The number of ether oxygens (including phenoxy) is 1. The molecule has 152 valence electrons. The predicted octanol–water partition coefficient (Wildman–Crippen LogP) is 1.76. The summed E-state index contributed by atoms with van der Waals surface area (Å²) in [4.78, 5) is 34.3. The molecule has 1 aromatic heterocycles. The van der Waals surface area contributed by atoms with Crippen LogP contribution in [0.4, 0.5) is 5.13 Å². The van der Waals surface area contributed by atoms with Gasteiger partial charge in [-0.3, -0.25) is 14.9 Å². The lowest BCUT2D eigenvalue weighted by molar-refractivity contribution is -0.139. The van der Waals surface area contributed by atoms with E-state index in [0.717, 1.165) is 16.9 Å². The third-order valence-corrected chi connectivity index (χ3v) is 4.38. The first kappa shape index (κ1) is 20.6. The minimum Gasteiger partial charge on any atom is -0.482 e. The van der Waals surface area contributed by atoms with E-state index in [2.05, 4.69) is 26.0 Å². The van der Waals surface area contributed by atoms with Crippen molar-refractivity contribution in [1.29, 1.82) is 0 Å². The average molecular weight is 425 g/mol. The minimum atomic E-state index is -1.08. The third kappa shape index (κ3) is 5.94. The molecule has 0 saturated carbocycles. The molecule has 0 fully saturated rings. The predicted molar refractivity (Wildman–Crippen MR) is 109 cm³/mol. The van der Waals surface area contributed by atoms with Crippen LogP contribution in [0.5, 0.6) is 5.75 Å². The molecule has 0 unspecified atom stereocenters. The molecule has 0 saturated heterocycles. The molecule has 10 nitrogen and oxygen atoms in total. The number of anilines is 1. The van der Waals surface area contributed by atoms with Crippen molar-refractivity contribution in [3.8, 4) is 16.3 Å². The highest BCUT2D eigenvalue weighted by atomic mass is 32.1. The maximum atomic E-state index is 11.9. The van der Waals surface area contributed by atoms with Gasteiger partial charge in [0.15, 0.2) is 6.61 Å². The van der Waals surface area contributed by atoms with Gasteiger partial charge in [-0.05, 0) is 29.8 Å². The quantitative estimate of drug-likeness (QED) is 0.297. The number of aliphatic carboxylic acids is 1. The molecule has 0 aliphatic rings. The number of carbonyl (C=O) groups excluding carboxylic acids is 2. The summed E-state index contributed by atoms with van der Waals surface area (Å²) in [7, 11) is 0. The second-order valence-electron chi connectivity index (χ2n) is 5.68. The van der Waals surface area contributed by atoms with Gasteiger partial charge in [-0.1, -0.05) is 41.7 Å². The van der Waals surface area contributed by atoms with E-state index in [1.807, 2.05) is 30.3 Å². The van der Waals surface area contributed by atoms with E-state index in [-0.39, 0.29) is 5.13 Å². The Morgan fingerprint density at radius 3 is 2.47 bits per heavy atom. The number of carboxylic acid groups (broad SMARTS) is 1. The molecule has 2 aromatic carbocycles. The summed E-state index contributed by atoms with van der Waals surface area (Å²) in [6.07, 6.45) is 1.32. The standard InChI is InChI=1S/C19H15N5O5S/c25-15(26)11-29-14-8-6-12(7-9-14)10-20-22-17(28)16(27)21-19-24-23-18(30-19)13-4-2-1-3-5-13/h1-10H,11H2,(H,22,28)(H,25,26)(H,21,24,27)/b20-10+. The second-order valence-corrected chi connectivity index (χ2v) is 6.66. The summed E-state index contributed by atoms with van der Waals surface area (Å²) in [5.74, 6) is -2.60. The second kappa shape index (κ2) is 9.89. The van der Waals surface area contributed by atoms with Crippen LogP contribution < -0.4 is 15.5 Å². The van der Waals surface area contributed by atoms with Crippen molar-refractivity contribution in [2.45, 2.75) is 0 Å². The zero-order chi connectivity index (χ0) is 21.3. The van der Waals surface area contributed by atoms with E-state index in [9.17, 15) is 14.4 Å². The highest BCUT2D eigenvalue weighted by molar-refractivity contribution is 7.18. The van der Waals surface area contributed by atoms with Crippen LogP contribution >= 0.6 is 11.3 Å². The molecular formula is C19H15N5O5S. The van der Waals surface area contributed by atoms with Gasteiger partial charge in [0.1, 0.15) is 10.8 Å². The van der Waals surface area contributed by atoms with Gasteiger partial charge in [-0.25, -0.2) is 10.2 Å². The number of nitrogens with one attached hydrogen (secondary N) is 2. The van der Waals surface area contributed by atoms with Gasteiger partial charge in [0.2, 0.25) is 5.13 Å². The molecule has 3 N–H and O–H groups in total. The topological polar surface area (TPSA) is 143 Å². The molecule has 0 atom stereocenters. The van der Waals surface area contributed by atoms with Gasteiger partial charge in [-0.15, -0.1) is 10.2 Å². The number of amides is 2. The first-order chi connectivity index (χ1) is 14.5. The van der Waals surface area contributed by atoms with Gasteiger partial charge in [0, 0.05) is 5.56 Å². The lowest BCUT2D eigenvalue weighted by Gasteiger charge is -2.02. The molecule has 3 rings (SSSR count). The Morgan fingerprint density at radius 1 is 1.03 bits per heavy atom. The first-order valence-electron chi connectivity index (χ1n) is 8.49. The first-order valence-corrected chi connectivity index (χ1v) is 9.31. The Kier molecular flexibility index (Phi) is 6.79. The van der Waals surface area contributed by atoms with E-state index in [0.29, 0.717) is 16.3 Å². The Bertz CT molecular complexity index is 1070. The number of aromatic nitrogens is 2. The summed E-state index contributed by atoms with van der Waals surface area (Å²) < 4.78 is 5.01. The van der Waals surface area contributed by atoms with Crippen molar-refractivity contribution in [2.75, 3.05) is 11.9 Å². The zero-order valence-corrected chi connectivity index (χ0v) is 16.1. The smallest absolute Gasteiger partial charge is 0.341 e. The maximum Gasteiger partial charge on any atom is 0.341 e. The van der Waals surface area contributed by atoms with Crippen LogP contribution in [0, 0.1) is 0 Å². The monoisotopic (exact) mass is 425 g/mol. The summed E-state index contributed by atoms with van der Waals surface area (Å²) in [6, 6.07) is 15.6. The highest BCUT2D eigenvalue weighted by Gasteiger charge is 2.16. The number of hydrogen-bond acceptors (Lipinski definition) is 8. The van der Waals surface area contributed by atoms with Gasteiger partial charge < -0.3 is 9.84 Å². The molecule has 0 aliphatic carbocycles. The number of carboxylic acids is 1. The number of nitrogens with zero attached hydrogens (tertiary/aromatic N) is 3. The Hall–Kier alpha value is -4.12. The molecule has 0 bridgehead atoms. The molecule has 0 spiro atoms. The fraction of sp³-hybridized carbons (Fsp3) is 0.0526. The molecule has 11 heteroatoms. The van der Waals surface area contributed by atoms with Gasteiger partial charge >= 0.3 is 17.8 Å². The van der Waals surface area contributed by atoms with Crippen LogP contribution in [0.15, 0.2) is 59.7 Å². The van der Waals surface area contributed by atoms with Crippen molar-refractivity contribution < 1.29 is 24.2 Å². The fourth-order valence-corrected chi connectivity index (χ4v) is 2.88. The van der Waals surface area contributed by atoms with E-state index >= 15 is 0 Å². The largest absolute Gasteiger partial charge is 0.482 e. The molecule has 0 aliphatic heterocycles. The van der Waals surface area contributed by atoms with Crippen LogP contribution in [-0.4, -0.2) is 45.9 Å². The van der Waals surface area contributed by atoms with E-state index in [1.54, 1.807) is 24.3 Å². The number of hydrazone groups is 1. The van der Waals surface area contributed by atoms with Crippen LogP contribution in [0.25, 0.3) is 10.6 Å². The average Bonchev–Trinajstić information content (AvgIpc) is 3.22. The number of rotatable bonds is 7. The van der Waals surface area contributed by atoms with Crippen LogP contribution in [0.1, 0.15) is 5.56 Å². The van der Waals surface area contributed by atoms with Crippen molar-refractivity contribution in [3.05, 3.63) is 60.2 Å². The van der Waals surface area contributed by atoms with E-state index < -0.39 is 24.4 Å². The SMILES string of the molecule is O=C(O)COc1ccc(/C=N/NC(=O)C(=O)Nc2nnc(-c3ccccc3)s2)cc1. The zero-order valence-electron chi connectivity index (χ0n) is 15.3. The molecule has 30 heavy (non-hydrogen) atoms. The van der Waals surface area contributed by atoms with Crippen LogP contribution in [-0.2, 0) is 14.4 Å². The number of carbonyl (C=O) groups is 3. The van der Waals surface area contributed by atoms with E-state index in [1.165, 1.54) is 6.21 Å². The summed E-state index contributed by atoms with van der Waals surface area (Å²) >= 11 is 1.14. The van der Waals surface area contributed by atoms with Crippen molar-refractivity contribution >= 4 is 40.5 Å². The van der Waals surface area contributed by atoms with Crippen LogP contribution in [0.3, 0.4) is 0 Å². The molecule has 3 aromatic rings. The lowest BCUT2D eigenvalue weighted by atomic mass is 10.2. The fourth-order valence-electron chi connectivity index (χ4n) is 2.14. The summed E-state index contributed by atoms with van der Waals surface area (Å²) in [6.45, 7) is -0.444. The summed E-state index contributed by atoms with van der Waals surface area (Å²) in [5.41, 5.74) is 3.57. The highest BCUT2D eigenvalue weighted by Crippen LogP contribution is 2.25. The molecular weight excluding hydrogens is 410 g/mol. The molecule has 2 amide bonds. The van der Waals surface area contributed by atoms with Gasteiger partial charge in [-0.2, -0.15) is 5.10 Å². The number of hydrogen-bond donors (Lipinski definition) is 3. The Balaban J connectivity index is 1.49. The van der Waals surface area contributed by atoms with Crippen molar-refractivity contribution in [1.82, 2.24) is 15.6 Å². The number of benzene rings is 2. The Morgan fingerprint density at radius 2 is 1.77 bits per heavy atom. The van der Waals surface area contributed by atoms with Crippen molar-refractivity contribution in [3.63, 3.8) is 0 Å². The molecule has 0 radical (unpaired) electrons.